The van der Waals surface area contributed by atoms with E-state index >= 15 is 0 Å². The lowest BCUT2D eigenvalue weighted by Gasteiger charge is -2.24. The van der Waals surface area contributed by atoms with Crippen LogP contribution in [0.3, 0.4) is 0 Å². The Kier molecular flexibility index (Phi) is 11.1. The van der Waals surface area contributed by atoms with Gasteiger partial charge in [-0.15, -0.1) is 0 Å². The Balaban J connectivity index is 0.809. The smallest absolute Gasteiger partial charge is 0.119 e. The lowest BCUT2D eigenvalue weighted by Crippen LogP contribution is -2.18. The maximum Gasteiger partial charge on any atom is 0.119 e. The maximum absolute atomic E-state index is 6.27. The van der Waals surface area contributed by atoms with Gasteiger partial charge in [0.15, 0.2) is 0 Å². The molecule has 8 rings (SSSR count). The molecule has 270 valence electrons. The van der Waals surface area contributed by atoms with Gasteiger partial charge >= 0.3 is 0 Å². The minimum Gasteiger partial charge on any atom is -0.494 e. The number of unbranched alkanes of at least 4 members (excludes halogenated alkanes) is 3. The van der Waals surface area contributed by atoms with Crippen molar-refractivity contribution in [1.82, 2.24) is 0 Å². The molecule has 6 heteroatoms. The first-order valence-corrected chi connectivity index (χ1v) is 19.2. The Labute approximate surface area is 319 Å². The lowest BCUT2D eigenvalue weighted by atomic mass is 9.98. The van der Waals surface area contributed by atoms with E-state index in [4.69, 9.17) is 19.7 Å². The van der Waals surface area contributed by atoms with Crippen LogP contribution in [0.15, 0.2) is 180 Å². The van der Waals surface area contributed by atoms with Crippen LogP contribution in [-0.2, 0) is 0 Å². The van der Waals surface area contributed by atoms with Crippen molar-refractivity contribution < 1.29 is 9.47 Å². The van der Waals surface area contributed by atoms with Crippen molar-refractivity contribution in [2.45, 2.75) is 50.6 Å². The topological polar surface area (TPSA) is 49.7 Å². The highest BCUT2D eigenvalue weighted by Gasteiger charge is 2.31. The van der Waals surface area contributed by atoms with E-state index < -0.39 is 0 Å². The van der Waals surface area contributed by atoms with Gasteiger partial charge in [-0.3, -0.25) is 10.0 Å². The molecule has 6 aromatic rings. The number of para-hydroxylation sites is 2. The Hall–Kier alpha value is -6.14. The number of ether oxygens (including phenoxy) is 2. The number of hydrogen-bond acceptors (Lipinski definition) is 6. The molecule has 0 bridgehead atoms. The zero-order valence-electron chi connectivity index (χ0n) is 30.6. The standard InChI is InChI=1S/C48H46N4O2/c1(15-31-53-43-29-17-23-39(33-43)47-35-45(37-19-7-3-8-20-37)49-51(47)41-25-11-5-12-26-41)2-16-32-54-44-30-18-24-40(34-44)48-36-46(38-21-9-4-10-22-38)50-52(48)42-27-13-6-14-28-42/h3-14,17-30,33-34,47-48H,1-2,15-16,31-32,35-36H2/t47-,48+. The number of hydrogen-bond donors (Lipinski definition) is 0. The Morgan fingerprint density at radius 3 is 1.22 bits per heavy atom. The zero-order valence-corrected chi connectivity index (χ0v) is 30.6. The largest absolute Gasteiger partial charge is 0.494 e. The molecule has 6 nitrogen and oxygen atoms in total. The fourth-order valence-corrected chi connectivity index (χ4v) is 7.35. The van der Waals surface area contributed by atoms with E-state index in [1.54, 1.807) is 0 Å². The molecule has 0 spiro atoms. The lowest BCUT2D eigenvalue weighted by molar-refractivity contribution is 0.287. The normalized spacial score (nSPS) is 16.6. The third-order valence-corrected chi connectivity index (χ3v) is 10.1. The number of nitrogens with zero attached hydrogens (tertiary/aromatic N) is 4. The monoisotopic (exact) mass is 710 g/mol. The van der Waals surface area contributed by atoms with Crippen molar-refractivity contribution >= 4 is 22.8 Å². The van der Waals surface area contributed by atoms with E-state index in [2.05, 4.69) is 156 Å². The van der Waals surface area contributed by atoms with E-state index in [0.717, 1.165) is 72.8 Å². The van der Waals surface area contributed by atoms with Crippen molar-refractivity contribution in [3.05, 3.63) is 192 Å². The van der Waals surface area contributed by atoms with E-state index in [1.807, 2.05) is 24.3 Å². The molecule has 0 radical (unpaired) electrons. The number of benzene rings is 6. The maximum atomic E-state index is 6.27. The number of hydrazone groups is 2. The molecular formula is C48H46N4O2. The van der Waals surface area contributed by atoms with Gasteiger partial charge in [0.1, 0.15) is 11.5 Å². The van der Waals surface area contributed by atoms with Gasteiger partial charge in [-0.2, -0.15) is 10.2 Å². The van der Waals surface area contributed by atoms with E-state index in [0.29, 0.717) is 13.2 Å². The van der Waals surface area contributed by atoms with Gasteiger partial charge < -0.3 is 9.47 Å². The van der Waals surface area contributed by atoms with Crippen LogP contribution in [-0.4, -0.2) is 24.6 Å². The molecule has 0 unspecified atom stereocenters. The summed E-state index contributed by atoms with van der Waals surface area (Å²) in [6.07, 6.45) is 5.86. The SMILES string of the molecule is c1ccc(C2=NN(c3ccccc3)[C@@H](c3cccc(OCCCCCCOc4cccc([C@@H]5CC(c6ccccc6)=NN5c5ccccc5)c4)c3)C2)cc1. The van der Waals surface area contributed by atoms with Crippen LogP contribution in [0.5, 0.6) is 11.5 Å². The highest BCUT2D eigenvalue weighted by atomic mass is 16.5. The van der Waals surface area contributed by atoms with Crippen LogP contribution < -0.4 is 19.5 Å². The Bertz CT molecular complexity index is 2000. The average molecular weight is 711 g/mol. The van der Waals surface area contributed by atoms with Crippen molar-refractivity contribution in [3.8, 4) is 11.5 Å². The minimum absolute atomic E-state index is 0.105. The van der Waals surface area contributed by atoms with Crippen molar-refractivity contribution in [2.24, 2.45) is 10.2 Å². The highest BCUT2D eigenvalue weighted by molar-refractivity contribution is 6.04. The Morgan fingerprint density at radius 1 is 0.426 bits per heavy atom. The van der Waals surface area contributed by atoms with Gasteiger partial charge in [-0.1, -0.05) is 121 Å². The van der Waals surface area contributed by atoms with Gasteiger partial charge in [0.25, 0.3) is 0 Å². The summed E-state index contributed by atoms with van der Waals surface area (Å²) in [5, 5.41) is 14.5. The van der Waals surface area contributed by atoms with Crippen LogP contribution in [0.2, 0.25) is 0 Å². The zero-order chi connectivity index (χ0) is 36.4. The quantitative estimate of drug-likeness (QED) is 0.0996. The summed E-state index contributed by atoms with van der Waals surface area (Å²) in [4.78, 5) is 0. The first kappa shape index (κ1) is 34.9. The fraction of sp³-hybridized carbons (Fsp3) is 0.208. The molecule has 2 aliphatic rings. The molecule has 0 fully saturated rings. The Morgan fingerprint density at radius 2 is 0.815 bits per heavy atom. The molecule has 54 heavy (non-hydrogen) atoms. The summed E-state index contributed by atoms with van der Waals surface area (Å²) < 4.78 is 12.5. The highest BCUT2D eigenvalue weighted by Crippen LogP contribution is 2.39. The molecular weight excluding hydrogens is 665 g/mol. The van der Waals surface area contributed by atoms with Crippen molar-refractivity contribution in [3.63, 3.8) is 0 Å². The molecule has 0 aliphatic carbocycles. The predicted octanol–water partition coefficient (Wildman–Crippen LogP) is 11.4. The van der Waals surface area contributed by atoms with Gasteiger partial charge in [0.05, 0.1) is 48.1 Å². The molecule has 0 saturated carbocycles. The second kappa shape index (κ2) is 17.1. The average Bonchev–Trinajstić information content (AvgIpc) is 3.90. The first-order chi connectivity index (χ1) is 26.8. The van der Waals surface area contributed by atoms with E-state index in [-0.39, 0.29) is 12.1 Å². The molecule has 0 N–H and O–H groups in total. The van der Waals surface area contributed by atoms with Crippen molar-refractivity contribution in [2.75, 3.05) is 23.2 Å². The molecule has 2 atom stereocenters. The van der Waals surface area contributed by atoms with Crippen molar-refractivity contribution in [1.29, 1.82) is 0 Å². The van der Waals surface area contributed by atoms with E-state index in [1.165, 1.54) is 22.3 Å². The van der Waals surface area contributed by atoms with Crippen LogP contribution in [0, 0.1) is 0 Å². The summed E-state index contributed by atoms with van der Waals surface area (Å²) in [5.74, 6) is 1.82. The van der Waals surface area contributed by atoms with Crippen LogP contribution in [0.1, 0.15) is 72.9 Å². The molecule has 0 amide bonds. The van der Waals surface area contributed by atoms with Crippen LogP contribution >= 0.6 is 0 Å². The van der Waals surface area contributed by atoms with Gasteiger partial charge in [0.2, 0.25) is 0 Å². The summed E-state index contributed by atoms with van der Waals surface area (Å²) in [7, 11) is 0. The fourth-order valence-electron chi connectivity index (χ4n) is 7.35. The van der Waals surface area contributed by atoms with Crippen LogP contribution in [0.4, 0.5) is 11.4 Å². The van der Waals surface area contributed by atoms with E-state index in [9.17, 15) is 0 Å². The molecule has 6 aromatic carbocycles. The second-order valence-electron chi connectivity index (χ2n) is 13.9. The second-order valence-corrected chi connectivity index (χ2v) is 13.9. The van der Waals surface area contributed by atoms with Gasteiger partial charge in [-0.05, 0) is 96.5 Å². The summed E-state index contributed by atoms with van der Waals surface area (Å²) in [6, 6.07) is 59.1. The third kappa shape index (κ3) is 8.39. The van der Waals surface area contributed by atoms with Gasteiger partial charge in [0, 0.05) is 12.8 Å². The minimum atomic E-state index is 0.105. The molecule has 0 aromatic heterocycles. The number of rotatable bonds is 15. The molecule has 2 heterocycles. The van der Waals surface area contributed by atoms with Gasteiger partial charge in [-0.25, -0.2) is 0 Å². The third-order valence-electron chi connectivity index (χ3n) is 10.1. The summed E-state index contributed by atoms with van der Waals surface area (Å²) in [6.45, 7) is 1.38. The predicted molar refractivity (Wildman–Crippen MR) is 221 cm³/mol. The molecule has 0 saturated heterocycles. The number of anilines is 2. The summed E-state index contributed by atoms with van der Waals surface area (Å²) >= 11 is 0. The first-order valence-electron chi connectivity index (χ1n) is 19.2. The van der Waals surface area contributed by atoms with Crippen LogP contribution in [0.25, 0.3) is 0 Å². The summed E-state index contributed by atoms with van der Waals surface area (Å²) in [5.41, 5.74) is 9.12. The molecule has 2 aliphatic heterocycles.